The topological polar surface area (TPSA) is 181 Å². The van der Waals surface area contributed by atoms with Crippen LogP contribution in [0.1, 0.15) is 45.1 Å². The standard InChI is InChI=1S/C28H31N9O4/c1-16-11-24(36(2)35-16)28(41)37-10-7-18(33-26(39)22-15-30-8-9-31-22)13-23(37)27(40)34-21(25(29)38)12-17-14-32-20-6-4-3-5-19(17)20/h3-6,8-9,11,14-15,18,21,23,32H,7,10,12-13H2,1-2H3,(H2,29,38)(H,33,39)(H,34,40)/t18-,21+,23-/m0/s1. The first-order valence-corrected chi connectivity index (χ1v) is 13.2. The molecule has 0 spiro atoms. The third-order valence-corrected chi connectivity index (χ3v) is 7.28. The molecule has 5 N–H and O–H groups in total. The first-order chi connectivity index (χ1) is 19.7. The van der Waals surface area contributed by atoms with Gasteiger partial charge >= 0.3 is 0 Å². The quantitative estimate of drug-likeness (QED) is 0.245. The third-order valence-electron chi connectivity index (χ3n) is 7.28. The lowest BCUT2D eigenvalue weighted by atomic mass is 9.95. The number of carbonyl (C=O) groups excluding carboxylic acids is 4. The van der Waals surface area contributed by atoms with Gasteiger partial charge in [-0.15, -0.1) is 0 Å². The first-order valence-electron chi connectivity index (χ1n) is 13.2. The molecule has 1 aromatic carbocycles. The summed E-state index contributed by atoms with van der Waals surface area (Å²) in [6.45, 7) is 1.97. The summed E-state index contributed by atoms with van der Waals surface area (Å²) in [5.41, 5.74) is 8.57. The molecular weight excluding hydrogens is 526 g/mol. The van der Waals surface area contributed by atoms with Gasteiger partial charge in [0.05, 0.1) is 11.9 Å². The molecule has 4 heterocycles. The summed E-state index contributed by atoms with van der Waals surface area (Å²) in [5, 5.41) is 10.8. The van der Waals surface area contributed by atoms with Crippen LogP contribution in [-0.4, -0.2) is 77.9 Å². The Balaban J connectivity index is 1.38. The minimum absolute atomic E-state index is 0.124. The molecule has 4 aromatic rings. The lowest BCUT2D eigenvalue weighted by molar-refractivity contribution is -0.131. The molecule has 41 heavy (non-hydrogen) atoms. The second kappa shape index (κ2) is 11.6. The van der Waals surface area contributed by atoms with Crippen LogP contribution in [-0.2, 0) is 23.1 Å². The van der Waals surface area contributed by atoms with Gasteiger partial charge in [0.2, 0.25) is 11.8 Å². The maximum Gasteiger partial charge on any atom is 0.272 e. The molecule has 3 aromatic heterocycles. The van der Waals surface area contributed by atoms with Gasteiger partial charge in [0.25, 0.3) is 11.8 Å². The lowest BCUT2D eigenvalue weighted by Crippen LogP contribution is -2.60. The van der Waals surface area contributed by atoms with Gasteiger partial charge in [-0.25, -0.2) is 4.98 Å². The van der Waals surface area contributed by atoms with E-state index in [4.69, 9.17) is 5.73 Å². The summed E-state index contributed by atoms with van der Waals surface area (Å²) < 4.78 is 1.47. The van der Waals surface area contributed by atoms with E-state index in [0.717, 1.165) is 16.5 Å². The summed E-state index contributed by atoms with van der Waals surface area (Å²) in [6, 6.07) is 6.84. The molecule has 3 atom stereocenters. The zero-order valence-electron chi connectivity index (χ0n) is 22.7. The highest BCUT2D eigenvalue weighted by atomic mass is 16.2. The molecule has 4 amide bonds. The SMILES string of the molecule is Cc1cc(C(=O)N2CC[C@H](NC(=O)c3cnccn3)C[C@H]2C(=O)N[C@H](Cc2c[nH]c3ccccc23)C(N)=O)n(C)n1. The molecule has 0 bridgehead atoms. The van der Waals surface area contributed by atoms with Crippen LogP contribution in [0, 0.1) is 6.92 Å². The van der Waals surface area contributed by atoms with Crippen LogP contribution in [0.25, 0.3) is 10.9 Å². The Morgan fingerprint density at radius 3 is 2.71 bits per heavy atom. The Labute approximate surface area is 235 Å². The van der Waals surface area contributed by atoms with E-state index in [2.05, 4.69) is 30.7 Å². The number of likely N-dealkylation sites (tertiary alicyclic amines) is 1. The van der Waals surface area contributed by atoms with Gasteiger partial charge in [0.15, 0.2) is 0 Å². The van der Waals surface area contributed by atoms with Gasteiger partial charge in [-0.2, -0.15) is 5.10 Å². The van der Waals surface area contributed by atoms with Gasteiger partial charge in [0.1, 0.15) is 23.5 Å². The van der Waals surface area contributed by atoms with Crippen LogP contribution < -0.4 is 16.4 Å². The minimum atomic E-state index is -1.02. The minimum Gasteiger partial charge on any atom is -0.368 e. The second-order valence-corrected chi connectivity index (χ2v) is 10.1. The predicted molar refractivity (Wildman–Crippen MR) is 148 cm³/mol. The van der Waals surface area contributed by atoms with Crippen molar-refractivity contribution in [1.82, 2.24) is 40.3 Å². The molecular formula is C28H31N9O4. The molecule has 1 fully saturated rings. The van der Waals surface area contributed by atoms with E-state index in [1.54, 1.807) is 26.2 Å². The van der Waals surface area contributed by atoms with Crippen LogP contribution in [0.3, 0.4) is 0 Å². The molecule has 0 saturated carbocycles. The van der Waals surface area contributed by atoms with Crippen LogP contribution in [0.5, 0.6) is 0 Å². The van der Waals surface area contributed by atoms with Gasteiger partial charge in [-0.3, -0.25) is 28.8 Å². The summed E-state index contributed by atoms with van der Waals surface area (Å²) in [5.74, 6) is -2.05. The fraction of sp³-hybridized carbons (Fsp3) is 0.321. The van der Waals surface area contributed by atoms with Crippen molar-refractivity contribution >= 4 is 34.5 Å². The van der Waals surface area contributed by atoms with Gasteiger partial charge in [-0.05, 0) is 37.5 Å². The average molecular weight is 558 g/mol. The maximum atomic E-state index is 13.8. The number of nitrogens with two attached hydrogens (primary N) is 1. The number of primary amides is 1. The highest BCUT2D eigenvalue weighted by Gasteiger charge is 2.39. The Kier molecular flexibility index (Phi) is 7.77. The first kappa shape index (κ1) is 27.5. The molecule has 13 nitrogen and oxygen atoms in total. The van der Waals surface area contributed by atoms with Crippen molar-refractivity contribution in [3.63, 3.8) is 0 Å². The van der Waals surface area contributed by atoms with Crippen molar-refractivity contribution in [3.05, 3.63) is 77.8 Å². The van der Waals surface area contributed by atoms with Crippen molar-refractivity contribution in [2.24, 2.45) is 12.8 Å². The van der Waals surface area contributed by atoms with Gasteiger partial charge in [-0.1, -0.05) is 18.2 Å². The number of piperidine rings is 1. The summed E-state index contributed by atoms with van der Waals surface area (Å²) in [4.78, 5) is 65.2. The van der Waals surface area contributed by atoms with E-state index in [0.29, 0.717) is 17.8 Å². The van der Waals surface area contributed by atoms with Crippen molar-refractivity contribution in [3.8, 4) is 0 Å². The van der Waals surface area contributed by atoms with E-state index < -0.39 is 35.8 Å². The number of fused-ring (bicyclic) bond motifs is 1. The molecule has 0 aliphatic carbocycles. The monoisotopic (exact) mass is 557 g/mol. The number of amides is 4. The largest absolute Gasteiger partial charge is 0.368 e. The number of H-pyrrole nitrogens is 1. The van der Waals surface area contributed by atoms with E-state index in [9.17, 15) is 19.2 Å². The average Bonchev–Trinajstić information content (AvgIpc) is 3.54. The molecule has 13 heteroatoms. The lowest BCUT2D eigenvalue weighted by Gasteiger charge is -2.39. The number of nitrogens with zero attached hydrogens (tertiary/aromatic N) is 5. The predicted octanol–water partition coefficient (Wildman–Crippen LogP) is 0.616. The fourth-order valence-electron chi connectivity index (χ4n) is 5.23. The van der Waals surface area contributed by atoms with E-state index in [1.807, 2.05) is 24.3 Å². The molecule has 5 rings (SSSR count). The van der Waals surface area contributed by atoms with Crippen molar-refractivity contribution in [2.45, 2.75) is 44.3 Å². The number of benzene rings is 1. The summed E-state index contributed by atoms with van der Waals surface area (Å²) >= 11 is 0. The van der Waals surface area contributed by atoms with E-state index in [1.165, 1.54) is 28.2 Å². The van der Waals surface area contributed by atoms with Crippen LogP contribution in [0.4, 0.5) is 0 Å². The molecule has 1 aliphatic heterocycles. The Morgan fingerprint density at radius 2 is 2.00 bits per heavy atom. The van der Waals surface area contributed by atoms with Crippen LogP contribution in [0.15, 0.2) is 55.1 Å². The van der Waals surface area contributed by atoms with Gasteiger partial charge in [0, 0.05) is 55.5 Å². The number of hydrogen-bond acceptors (Lipinski definition) is 7. The zero-order valence-corrected chi connectivity index (χ0v) is 22.7. The van der Waals surface area contributed by atoms with Gasteiger partial charge < -0.3 is 26.3 Å². The highest BCUT2D eigenvalue weighted by molar-refractivity contribution is 5.98. The maximum absolute atomic E-state index is 13.8. The Morgan fingerprint density at radius 1 is 1.20 bits per heavy atom. The number of aromatic nitrogens is 5. The number of hydrogen-bond donors (Lipinski definition) is 4. The van der Waals surface area contributed by atoms with Crippen LogP contribution >= 0.6 is 0 Å². The number of aryl methyl sites for hydroxylation is 2. The normalized spacial score (nSPS) is 17.7. The zero-order chi connectivity index (χ0) is 29.1. The molecule has 212 valence electrons. The molecule has 1 saturated heterocycles. The summed E-state index contributed by atoms with van der Waals surface area (Å²) in [6.07, 6.45) is 6.72. The second-order valence-electron chi connectivity index (χ2n) is 10.1. The molecule has 0 radical (unpaired) electrons. The van der Waals surface area contributed by atoms with E-state index in [-0.39, 0.29) is 31.0 Å². The highest BCUT2D eigenvalue weighted by Crippen LogP contribution is 2.23. The van der Waals surface area contributed by atoms with E-state index >= 15 is 0 Å². The number of rotatable bonds is 8. The Hall–Kier alpha value is -5.07. The fourth-order valence-corrected chi connectivity index (χ4v) is 5.23. The van der Waals surface area contributed by atoms with Crippen LogP contribution in [0.2, 0.25) is 0 Å². The summed E-state index contributed by atoms with van der Waals surface area (Å²) in [7, 11) is 1.66. The molecule has 0 unspecified atom stereocenters. The number of carbonyl (C=O) groups is 4. The number of aromatic amines is 1. The Bertz CT molecular complexity index is 1600. The number of para-hydroxylation sites is 1. The smallest absolute Gasteiger partial charge is 0.272 e. The number of nitrogens with one attached hydrogen (secondary N) is 3. The molecule has 1 aliphatic rings. The van der Waals surface area contributed by atoms with Crippen molar-refractivity contribution in [1.29, 1.82) is 0 Å². The third kappa shape index (κ3) is 5.93. The van der Waals surface area contributed by atoms with Crippen molar-refractivity contribution in [2.75, 3.05) is 6.54 Å². The van der Waals surface area contributed by atoms with Crippen molar-refractivity contribution < 1.29 is 19.2 Å².